The van der Waals surface area contributed by atoms with Crippen molar-refractivity contribution < 1.29 is 9.90 Å². The molecule has 0 saturated carbocycles. The van der Waals surface area contributed by atoms with E-state index in [2.05, 4.69) is 10.6 Å². The Morgan fingerprint density at radius 2 is 2.11 bits per heavy atom. The monoisotopic (exact) mass is 248 g/mol. The van der Waals surface area contributed by atoms with Crippen LogP contribution in [0.3, 0.4) is 0 Å². The number of aliphatic hydroxyl groups is 1. The number of hydrogen-bond acceptors (Lipinski definition) is 3. The molecule has 0 radical (unpaired) electrons. The minimum atomic E-state index is -0.0594. The lowest BCUT2D eigenvalue weighted by molar-refractivity contribution is -0.118. The minimum absolute atomic E-state index is 0.0459. The Kier molecular flexibility index (Phi) is 4.73. The van der Waals surface area contributed by atoms with Crippen LogP contribution in [0.2, 0.25) is 0 Å². The van der Waals surface area contributed by atoms with Crippen LogP contribution in [0.4, 0.5) is 5.69 Å². The Hall–Kier alpha value is -1.39. The van der Waals surface area contributed by atoms with Crippen LogP contribution in [-0.4, -0.2) is 30.2 Å². The standard InChI is InChI=1S/C14H20N2O2/c17-10-8-11-4-6-12(7-5-11)16-14(18)13-3-1-2-9-15-13/h4-7,13,15,17H,1-3,8-10H2,(H,16,18)/t13-/m1/s1. The first-order chi connectivity index (χ1) is 8.79. The SMILES string of the molecule is O=C(Nc1ccc(CCO)cc1)[C@H]1CCCCN1. The Bertz CT molecular complexity index is 383. The van der Waals surface area contributed by atoms with Crippen molar-refractivity contribution in [2.45, 2.75) is 31.7 Å². The molecule has 4 nitrogen and oxygen atoms in total. The summed E-state index contributed by atoms with van der Waals surface area (Å²) in [5.74, 6) is 0.0459. The predicted molar refractivity (Wildman–Crippen MR) is 71.5 cm³/mol. The largest absolute Gasteiger partial charge is 0.396 e. The maximum absolute atomic E-state index is 12.0. The third-order valence-corrected chi connectivity index (χ3v) is 3.25. The smallest absolute Gasteiger partial charge is 0.241 e. The molecule has 3 N–H and O–H groups in total. The van der Waals surface area contributed by atoms with Gasteiger partial charge in [0.05, 0.1) is 6.04 Å². The molecule has 1 fully saturated rings. The zero-order valence-corrected chi connectivity index (χ0v) is 10.5. The van der Waals surface area contributed by atoms with Gasteiger partial charge in [-0.25, -0.2) is 0 Å². The van der Waals surface area contributed by atoms with Gasteiger partial charge in [-0.3, -0.25) is 4.79 Å². The van der Waals surface area contributed by atoms with Gasteiger partial charge < -0.3 is 15.7 Å². The molecule has 98 valence electrons. The van der Waals surface area contributed by atoms with Gasteiger partial charge >= 0.3 is 0 Å². The van der Waals surface area contributed by atoms with E-state index in [0.717, 1.165) is 37.1 Å². The molecule has 1 aliphatic heterocycles. The zero-order chi connectivity index (χ0) is 12.8. The second kappa shape index (κ2) is 6.52. The molecule has 2 rings (SSSR count). The normalized spacial score (nSPS) is 19.5. The van der Waals surface area contributed by atoms with Crippen molar-refractivity contribution in [1.29, 1.82) is 0 Å². The highest BCUT2D eigenvalue weighted by Gasteiger charge is 2.20. The highest BCUT2D eigenvalue weighted by Crippen LogP contribution is 2.13. The van der Waals surface area contributed by atoms with Gasteiger partial charge in [0.15, 0.2) is 0 Å². The fourth-order valence-electron chi connectivity index (χ4n) is 2.19. The topological polar surface area (TPSA) is 61.4 Å². The van der Waals surface area contributed by atoms with E-state index in [9.17, 15) is 4.79 Å². The number of carbonyl (C=O) groups excluding carboxylic acids is 1. The summed E-state index contributed by atoms with van der Waals surface area (Å²) in [5.41, 5.74) is 1.89. The number of carbonyl (C=O) groups is 1. The minimum Gasteiger partial charge on any atom is -0.396 e. The van der Waals surface area contributed by atoms with Gasteiger partial charge in [0.1, 0.15) is 0 Å². The summed E-state index contributed by atoms with van der Waals surface area (Å²) >= 11 is 0. The number of anilines is 1. The summed E-state index contributed by atoms with van der Waals surface area (Å²) < 4.78 is 0. The number of amides is 1. The first-order valence-corrected chi connectivity index (χ1v) is 6.53. The van der Waals surface area contributed by atoms with Gasteiger partial charge in [-0.15, -0.1) is 0 Å². The summed E-state index contributed by atoms with van der Waals surface area (Å²) in [6.07, 6.45) is 3.83. The second-order valence-corrected chi connectivity index (χ2v) is 4.66. The highest BCUT2D eigenvalue weighted by atomic mass is 16.2. The van der Waals surface area contributed by atoms with E-state index in [0.29, 0.717) is 6.42 Å². The van der Waals surface area contributed by atoms with Crippen LogP contribution in [0.25, 0.3) is 0 Å². The van der Waals surface area contributed by atoms with E-state index in [1.807, 2.05) is 24.3 Å². The van der Waals surface area contributed by atoms with Gasteiger partial charge in [0.2, 0.25) is 5.91 Å². The molecule has 1 aliphatic rings. The Balaban J connectivity index is 1.89. The molecule has 1 atom stereocenters. The van der Waals surface area contributed by atoms with E-state index in [4.69, 9.17) is 5.11 Å². The van der Waals surface area contributed by atoms with E-state index >= 15 is 0 Å². The van der Waals surface area contributed by atoms with Crippen LogP contribution in [0.1, 0.15) is 24.8 Å². The van der Waals surface area contributed by atoms with Crippen molar-refractivity contribution in [3.8, 4) is 0 Å². The summed E-state index contributed by atoms with van der Waals surface area (Å²) in [7, 11) is 0. The van der Waals surface area contributed by atoms with Crippen LogP contribution in [0.5, 0.6) is 0 Å². The van der Waals surface area contributed by atoms with Crippen molar-refractivity contribution in [3.63, 3.8) is 0 Å². The summed E-state index contributed by atoms with van der Waals surface area (Å²) in [6.45, 7) is 1.07. The summed E-state index contributed by atoms with van der Waals surface area (Å²) in [5, 5.41) is 15.0. The maximum Gasteiger partial charge on any atom is 0.241 e. The van der Waals surface area contributed by atoms with Crippen molar-refractivity contribution in [2.75, 3.05) is 18.5 Å². The second-order valence-electron chi connectivity index (χ2n) is 4.66. The summed E-state index contributed by atoms with van der Waals surface area (Å²) in [4.78, 5) is 12.0. The van der Waals surface area contributed by atoms with Crippen molar-refractivity contribution in [1.82, 2.24) is 5.32 Å². The fourth-order valence-corrected chi connectivity index (χ4v) is 2.19. The average molecular weight is 248 g/mol. The Morgan fingerprint density at radius 1 is 1.33 bits per heavy atom. The van der Waals surface area contributed by atoms with E-state index in [-0.39, 0.29) is 18.6 Å². The van der Waals surface area contributed by atoms with E-state index in [1.54, 1.807) is 0 Å². The van der Waals surface area contributed by atoms with Crippen molar-refractivity contribution in [2.24, 2.45) is 0 Å². The Morgan fingerprint density at radius 3 is 2.72 bits per heavy atom. The number of nitrogens with one attached hydrogen (secondary N) is 2. The third-order valence-electron chi connectivity index (χ3n) is 3.25. The molecule has 0 aliphatic carbocycles. The molecule has 0 spiro atoms. The predicted octanol–water partition coefficient (Wildman–Crippen LogP) is 1.30. The molecule has 1 aromatic carbocycles. The van der Waals surface area contributed by atoms with Gasteiger partial charge in [-0.2, -0.15) is 0 Å². The lowest BCUT2D eigenvalue weighted by Crippen LogP contribution is -2.43. The maximum atomic E-state index is 12.0. The first kappa shape index (κ1) is 13.1. The van der Waals surface area contributed by atoms with Crippen molar-refractivity contribution >= 4 is 11.6 Å². The molecule has 18 heavy (non-hydrogen) atoms. The molecule has 1 heterocycles. The van der Waals surface area contributed by atoms with Crippen LogP contribution in [0, 0.1) is 0 Å². The summed E-state index contributed by atoms with van der Waals surface area (Å²) in [6, 6.07) is 7.56. The van der Waals surface area contributed by atoms with E-state index in [1.165, 1.54) is 0 Å². The fraction of sp³-hybridized carbons (Fsp3) is 0.500. The average Bonchev–Trinajstić information content (AvgIpc) is 2.42. The quantitative estimate of drug-likeness (QED) is 0.752. The number of rotatable bonds is 4. The van der Waals surface area contributed by atoms with Crippen LogP contribution >= 0.6 is 0 Å². The van der Waals surface area contributed by atoms with Crippen LogP contribution in [0.15, 0.2) is 24.3 Å². The molecule has 1 aromatic rings. The number of aliphatic hydroxyl groups excluding tert-OH is 1. The molecule has 1 saturated heterocycles. The van der Waals surface area contributed by atoms with Gasteiger partial charge in [0.25, 0.3) is 0 Å². The van der Waals surface area contributed by atoms with Crippen LogP contribution in [-0.2, 0) is 11.2 Å². The molecule has 0 aromatic heterocycles. The number of hydrogen-bond donors (Lipinski definition) is 3. The van der Waals surface area contributed by atoms with Gasteiger partial charge in [0, 0.05) is 12.3 Å². The molecular formula is C14H20N2O2. The Labute approximate surface area is 107 Å². The lowest BCUT2D eigenvalue weighted by atomic mass is 10.0. The number of benzene rings is 1. The molecule has 0 bridgehead atoms. The molecule has 4 heteroatoms. The van der Waals surface area contributed by atoms with Crippen molar-refractivity contribution in [3.05, 3.63) is 29.8 Å². The van der Waals surface area contributed by atoms with Gasteiger partial charge in [-0.1, -0.05) is 18.6 Å². The van der Waals surface area contributed by atoms with E-state index < -0.39 is 0 Å². The first-order valence-electron chi connectivity index (χ1n) is 6.53. The zero-order valence-electron chi connectivity index (χ0n) is 10.5. The molecule has 0 unspecified atom stereocenters. The van der Waals surface area contributed by atoms with Crippen LogP contribution < -0.4 is 10.6 Å². The highest BCUT2D eigenvalue weighted by molar-refractivity contribution is 5.94. The lowest BCUT2D eigenvalue weighted by Gasteiger charge is -2.22. The molecular weight excluding hydrogens is 228 g/mol. The third kappa shape index (κ3) is 3.55. The molecule has 1 amide bonds. The number of piperidine rings is 1. The van der Waals surface area contributed by atoms with Gasteiger partial charge in [-0.05, 0) is 43.5 Å².